The summed E-state index contributed by atoms with van der Waals surface area (Å²) in [6.45, 7) is 10.1. The maximum atomic E-state index is 6.11. The number of rotatable bonds is 3. The lowest BCUT2D eigenvalue weighted by Crippen LogP contribution is -2.47. The number of methoxy groups -OCH3 is 1. The van der Waals surface area contributed by atoms with E-state index < -0.39 is 0 Å². The molecule has 0 aliphatic carbocycles. The van der Waals surface area contributed by atoms with Crippen molar-refractivity contribution in [2.24, 2.45) is 0 Å². The molecule has 1 spiro atoms. The van der Waals surface area contributed by atoms with Crippen LogP contribution in [0.5, 0.6) is 0 Å². The smallest absolute Gasteiger partial charge is 0.108 e. The van der Waals surface area contributed by atoms with E-state index in [0.717, 1.165) is 25.7 Å². The van der Waals surface area contributed by atoms with Gasteiger partial charge in [0.05, 0.1) is 6.10 Å². The van der Waals surface area contributed by atoms with E-state index in [0.29, 0.717) is 6.04 Å². The van der Waals surface area contributed by atoms with Crippen molar-refractivity contribution < 1.29 is 9.47 Å². The van der Waals surface area contributed by atoms with Crippen molar-refractivity contribution in [2.75, 3.05) is 39.9 Å². The first-order chi connectivity index (χ1) is 9.64. The summed E-state index contributed by atoms with van der Waals surface area (Å²) in [7, 11) is 1.85. The highest BCUT2D eigenvalue weighted by Crippen LogP contribution is 2.38. The average Bonchev–Trinajstić information content (AvgIpc) is 3.07. The molecular formula is C16H30N2O2. The van der Waals surface area contributed by atoms with Gasteiger partial charge in [-0.25, -0.2) is 0 Å². The number of nitrogens with zero attached hydrogens (tertiary/aromatic N) is 2. The summed E-state index contributed by atoms with van der Waals surface area (Å²) in [6, 6.07) is 1.41. The molecule has 20 heavy (non-hydrogen) atoms. The minimum atomic E-state index is 0.00390. The van der Waals surface area contributed by atoms with Crippen molar-refractivity contribution in [3.05, 3.63) is 0 Å². The molecule has 0 bridgehead atoms. The van der Waals surface area contributed by atoms with Crippen LogP contribution in [-0.2, 0) is 9.47 Å². The molecule has 3 heterocycles. The third kappa shape index (κ3) is 2.63. The van der Waals surface area contributed by atoms with E-state index in [2.05, 4.69) is 23.6 Å². The summed E-state index contributed by atoms with van der Waals surface area (Å²) < 4.78 is 11.9. The Balaban J connectivity index is 1.59. The average molecular weight is 282 g/mol. The molecule has 0 N–H and O–H groups in total. The van der Waals surface area contributed by atoms with Gasteiger partial charge in [-0.2, -0.15) is 0 Å². The van der Waals surface area contributed by atoms with Gasteiger partial charge in [0.2, 0.25) is 0 Å². The zero-order valence-corrected chi connectivity index (χ0v) is 13.3. The highest BCUT2D eigenvalue weighted by atomic mass is 16.6. The first-order valence-corrected chi connectivity index (χ1v) is 8.29. The van der Waals surface area contributed by atoms with Gasteiger partial charge >= 0.3 is 0 Å². The first kappa shape index (κ1) is 14.8. The van der Waals surface area contributed by atoms with Gasteiger partial charge in [-0.15, -0.1) is 0 Å². The molecule has 0 aromatic rings. The zero-order chi connectivity index (χ0) is 14.2. The third-order valence-corrected chi connectivity index (χ3v) is 5.62. The molecular weight excluding hydrogens is 252 g/mol. The molecule has 0 unspecified atom stereocenters. The van der Waals surface area contributed by atoms with Crippen LogP contribution >= 0.6 is 0 Å². The number of ether oxygens (including phenoxy) is 2. The molecule has 0 saturated carbocycles. The van der Waals surface area contributed by atoms with E-state index in [1.165, 1.54) is 38.8 Å². The van der Waals surface area contributed by atoms with Crippen molar-refractivity contribution in [2.45, 2.75) is 63.3 Å². The Morgan fingerprint density at radius 3 is 2.55 bits per heavy atom. The quantitative estimate of drug-likeness (QED) is 0.787. The second-order valence-corrected chi connectivity index (χ2v) is 7.03. The minimum absolute atomic E-state index is 0.00390. The van der Waals surface area contributed by atoms with Crippen molar-refractivity contribution in [1.29, 1.82) is 0 Å². The Morgan fingerprint density at radius 2 is 2.00 bits per heavy atom. The molecule has 0 amide bonds. The van der Waals surface area contributed by atoms with Crippen LogP contribution < -0.4 is 0 Å². The fraction of sp³-hybridized carbons (Fsp3) is 1.00. The van der Waals surface area contributed by atoms with Crippen LogP contribution in [0.3, 0.4) is 0 Å². The van der Waals surface area contributed by atoms with Gasteiger partial charge in [-0.1, -0.05) is 0 Å². The SMILES string of the molecule is CO[C@@H]1CN(C2CCN(C(C)C)CC2)C[C@]12CCCO2. The number of likely N-dealkylation sites (tertiary alicyclic amines) is 2. The predicted octanol–water partition coefficient (Wildman–Crippen LogP) is 1.74. The lowest BCUT2D eigenvalue weighted by Gasteiger charge is -2.38. The Hall–Kier alpha value is -0.160. The maximum Gasteiger partial charge on any atom is 0.108 e. The highest BCUT2D eigenvalue weighted by Gasteiger charge is 2.51. The summed E-state index contributed by atoms with van der Waals surface area (Å²) in [6.07, 6.45) is 5.23. The monoisotopic (exact) mass is 282 g/mol. The van der Waals surface area contributed by atoms with E-state index in [1.54, 1.807) is 0 Å². The Labute approximate surface area is 123 Å². The van der Waals surface area contributed by atoms with Gasteiger partial charge in [0.1, 0.15) is 5.60 Å². The predicted molar refractivity (Wildman–Crippen MR) is 80.0 cm³/mol. The van der Waals surface area contributed by atoms with Gasteiger partial charge in [0.15, 0.2) is 0 Å². The van der Waals surface area contributed by atoms with Crippen LogP contribution in [0.4, 0.5) is 0 Å². The molecule has 0 aromatic carbocycles. The molecule has 3 aliphatic rings. The molecule has 3 aliphatic heterocycles. The zero-order valence-electron chi connectivity index (χ0n) is 13.3. The normalized spacial score (nSPS) is 37.5. The van der Waals surface area contributed by atoms with E-state index >= 15 is 0 Å². The molecule has 3 saturated heterocycles. The second-order valence-electron chi connectivity index (χ2n) is 7.03. The molecule has 116 valence electrons. The van der Waals surface area contributed by atoms with Gasteiger partial charge in [0.25, 0.3) is 0 Å². The second kappa shape index (κ2) is 5.91. The van der Waals surface area contributed by atoms with Crippen LogP contribution in [0.2, 0.25) is 0 Å². The summed E-state index contributed by atoms with van der Waals surface area (Å²) in [4.78, 5) is 5.25. The van der Waals surface area contributed by atoms with Gasteiger partial charge < -0.3 is 14.4 Å². The topological polar surface area (TPSA) is 24.9 Å². The fourth-order valence-corrected chi connectivity index (χ4v) is 4.32. The Bertz CT molecular complexity index is 320. The summed E-state index contributed by atoms with van der Waals surface area (Å²) in [5.74, 6) is 0. The lowest BCUT2D eigenvalue weighted by molar-refractivity contribution is -0.0759. The molecule has 2 atom stereocenters. The number of hydrogen-bond donors (Lipinski definition) is 0. The molecule has 3 fully saturated rings. The van der Waals surface area contributed by atoms with E-state index in [-0.39, 0.29) is 11.7 Å². The van der Waals surface area contributed by atoms with E-state index in [1.807, 2.05) is 7.11 Å². The van der Waals surface area contributed by atoms with Crippen molar-refractivity contribution in [3.8, 4) is 0 Å². The molecule has 4 heteroatoms. The lowest BCUT2D eigenvalue weighted by atomic mass is 9.96. The molecule has 3 rings (SSSR count). The van der Waals surface area contributed by atoms with Crippen LogP contribution in [0, 0.1) is 0 Å². The standard InChI is InChI=1S/C16H30N2O2/c1-13(2)17-8-5-14(6-9-17)18-11-15(19-3)16(12-18)7-4-10-20-16/h13-15H,4-12H2,1-3H3/t15-,16-/m1/s1. The maximum absolute atomic E-state index is 6.11. The van der Waals surface area contributed by atoms with Gasteiger partial charge in [0, 0.05) is 38.9 Å². The van der Waals surface area contributed by atoms with E-state index in [4.69, 9.17) is 9.47 Å². The Kier molecular flexibility index (Phi) is 4.37. The summed E-state index contributed by atoms with van der Waals surface area (Å²) in [5, 5.41) is 0. The van der Waals surface area contributed by atoms with E-state index in [9.17, 15) is 0 Å². The third-order valence-electron chi connectivity index (χ3n) is 5.62. The van der Waals surface area contributed by atoms with Gasteiger partial charge in [-0.3, -0.25) is 4.90 Å². The van der Waals surface area contributed by atoms with Crippen LogP contribution in [0.15, 0.2) is 0 Å². The molecule has 4 nitrogen and oxygen atoms in total. The van der Waals surface area contributed by atoms with Crippen LogP contribution in [0.1, 0.15) is 39.5 Å². The molecule has 0 radical (unpaired) electrons. The summed E-state index contributed by atoms with van der Waals surface area (Å²) >= 11 is 0. The largest absolute Gasteiger partial charge is 0.377 e. The number of hydrogen-bond acceptors (Lipinski definition) is 4. The first-order valence-electron chi connectivity index (χ1n) is 8.29. The fourth-order valence-electron chi connectivity index (χ4n) is 4.32. The van der Waals surface area contributed by atoms with Crippen LogP contribution in [0.25, 0.3) is 0 Å². The van der Waals surface area contributed by atoms with Crippen molar-refractivity contribution >= 4 is 0 Å². The van der Waals surface area contributed by atoms with Crippen LogP contribution in [-0.4, -0.2) is 73.5 Å². The number of piperidine rings is 1. The van der Waals surface area contributed by atoms with Crippen molar-refractivity contribution in [1.82, 2.24) is 9.80 Å². The summed E-state index contributed by atoms with van der Waals surface area (Å²) in [5.41, 5.74) is 0.00390. The van der Waals surface area contributed by atoms with Crippen molar-refractivity contribution in [3.63, 3.8) is 0 Å². The van der Waals surface area contributed by atoms with Gasteiger partial charge in [-0.05, 0) is 52.6 Å². The minimum Gasteiger partial charge on any atom is -0.377 e. The molecule has 0 aromatic heterocycles. The highest BCUT2D eigenvalue weighted by molar-refractivity contribution is 5.04. The Morgan fingerprint density at radius 1 is 1.25 bits per heavy atom.